The molecule has 0 spiro atoms. The standard InChI is InChI=1S/C24H28N4OS2/c1-19-11-13-21(14-12-19)30-17-22-25-26-24(28(22)20-9-5-4-6-10-20)31-18-23(29)27-15-7-2-3-8-16-27/h4-6,9-14H,2-3,7-8,15-18H2,1H3. The quantitative estimate of drug-likeness (QED) is 0.452. The lowest BCUT2D eigenvalue weighted by molar-refractivity contribution is -0.128. The summed E-state index contributed by atoms with van der Waals surface area (Å²) in [5.41, 5.74) is 2.28. The number of aromatic nitrogens is 3. The zero-order valence-corrected chi connectivity index (χ0v) is 19.5. The monoisotopic (exact) mass is 452 g/mol. The van der Waals surface area contributed by atoms with E-state index in [4.69, 9.17) is 0 Å². The van der Waals surface area contributed by atoms with Gasteiger partial charge in [0.15, 0.2) is 5.16 Å². The van der Waals surface area contributed by atoms with E-state index in [0.29, 0.717) is 11.5 Å². The van der Waals surface area contributed by atoms with Crippen LogP contribution in [0.1, 0.15) is 37.1 Å². The zero-order chi connectivity index (χ0) is 21.5. The van der Waals surface area contributed by atoms with Gasteiger partial charge in [0.25, 0.3) is 0 Å². The number of hydrogen-bond acceptors (Lipinski definition) is 5. The van der Waals surface area contributed by atoms with Crippen LogP contribution in [0, 0.1) is 6.92 Å². The number of likely N-dealkylation sites (tertiary alicyclic amines) is 1. The molecule has 2 heterocycles. The highest BCUT2D eigenvalue weighted by molar-refractivity contribution is 7.99. The van der Waals surface area contributed by atoms with Crippen molar-refractivity contribution in [3.05, 3.63) is 66.0 Å². The molecule has 0 unspecified atom stereocenters. The predicted octanol–water partition coefficient (Wildman–Crippen LogP) is 5.36. The zero-order valence-electron chi connectivity index (χ0n) is 17.9. The highest BCUT2D eigenvalue weighted by Gasteiger charge is 2.19. The molecule has 0 radical (unpaired) electrons. The molecular weight excluding hydrogens is 424 g/mol. The summed E-state index contributed by atoms with van der Waals surface area (Å²) in [6.45, 7) is 3.85. The lowest BCUT2D eigenvalue weighted by Gasteiger charge is -2.20. The Kier molecular flexibility index (Phi) is 7.70. The average Bonchev–Trinajstić information content (AvgIpc) is 3.00. The highest BCUT2D eigenvalue weighted by Crippen LogP contribution is 2.28. The Morgan fingerprint density at radius 2 is 1.61 bits per heavy atom. The molecule has 0 atom stereocenters. The van der Waals surface area contributed by atoms with Crippen molar-refractivity contribution in [3.8, 4) is 5.69 Å². The summed E-state index contributed by atoms with van der Waals surface area (Å²) < 4.78 is 2.08. The highest BCUT2D eigenvalue weighted by atomic mass is 32.2. The van der Waals surface area contributed by atoms with E-state index in [0.717, 1.165) is 42.6 Å². The fourth-order valence-electron chi connectivity index (χ4n) is 3.64. The Balaban J connectivity index is 1.49. The maximum Gasteiger partial charge on any atom is 0.233 e. The summed E-state index contributed by atoms with van der Waals surface area (Å²) in [4.78, 5) is 16.0. The molecule has 3 aromatic rings. The molecule has 31 heavy (non-hydrogen) atoms. The maximum absolute atomic E-state index is 12.8. The number of carbonyl (C=O) groups excluding carboxylic acids is 1. The average molecular weight is 453 g/mol. The van der Waals surface area contributed by atoms with Crippen LogP contribution in [-0.4, -0.2) is 44.4 Å². The van der Waals surface area contributed by atoms with Crippen LogP contribution < -0.4 is 0 Å². The second kappa shape index (κ2) is 10.9. The molecule has 7 heteroatoms. The van der Waals surface area contributed by atoms with Gasteiger partial charge in [-0.25, -0.2) is 0 Å². The van der Waals surface area contributed by atoms with E-state index < -0.39 is 0 Å². The van der Waals surface area contributed by atoms with E-state index in [1.165, 1.54) is 35.1 Å². The minimum atomic E-state index is 0.199. The van der Waals surface area contributed by atoms with Gasteiger partial charge in [-0.2, -0.15) is 0 Å². The third-order valence-electron chi connectivity index (χ3n) is 5.39. The van der Waals surface area contributed by atoms with E-state index >= 15 is 0 Å². The van der Waals surface area contributed by atoms with Gasteiger partial charge in [0.05, 0.1) is 11.5 Å². The molecule has 1 aromatic heterocycles. The summed E-state index contributed by atoms with van der Waals surface area (Å²) in [7, 11) is 0. The number of nitrogens with zero attached hydrogens (tertiary/aromatic N) is 4. The minimum Gasteiger partial charge on any atom is -0.342 e. The molecule has 1 saturated heterocycles. The van der Waals surface area contributed by atoms with Crippen molar-refractivity contribution in [2.75, 3.05) is 18.8 Å². The molecular formula is C24H28N4OS2. The SMILES string of the molecule is Cc1ccc(SCc2nnc(SCC(=O)N3CCCCCC3)n2-c2ccccc2)cc1. The minimum absolute atomic E-state index is 0.199. The first-order chi connectivity index (χ1) is 15.2. The molecule has 162 valence electrons. The Hall–Kier alpha value is -2.25. The van der Waals surface area contributed by atoms with Gasteiger partial charge >= 0.3 is 0 Å². The van der Waals surface area contributed by atoms with Gasteiger partial charge in [0.1, 0.15) is 5.82 Å². The summed E-state index contributed by atoms with van der Waals surface area (Å²) in [5, 5.41) is 9.70. The van der Waals surface area contributed by atoms with E-state index in [9.17, 15) is 4.79 Å². The first-order valence-corrected chi connectivity index (χ1v) is 12.8. The fraction of sp³-hybridized carbons (Fsp3) is 0.375. The summed E-state index contributed by atoms with van der Waals surface area (Å²) in [6, 6.07) is 18.7. The van der Waals surface area contributed by atoms with Crippen molar-refractivity contribution in [2.45, 2.75) is 48.4 Å². The van der Waals surface area contributed by atoms with E-state index in [1.54, 1.807) is 11.8 Å². The maximum atomic E-state index is 12.8. The van der Waals surface area contributed by atoms with Gasteiger partial charge in [-0.1, -0.05) is 60.5 Å². The van der Waals surface area contributed by atoms with Crippen LogP contribution in [-0.2, 0) is 10.5 Å². The Bertz CT molecular complexity index is 981. The molecule has 0 aliphatic carbocycles. The molecule has 1 aliphatic rings. The molecule has 0 saturated carbocycles. The van der Waals surface area contributed by atoms with Crippen molar-refractivity contribution < 1.29 is 4.79 Å². The van der Waals surface area contributed by atoms with Crippen LogP contribution in [0.3, 0.4) is 0 Å². The number of aryl methyl sites for hydroxylation is 1. The van der Waals surface area contributed by atoms with Gasteiger partial charge in [0.2, 0.25) is 5.91 Å². The number of benzene rings is 2. The molecule has 0 N–H and O–H groups in total. The first kappa shape index (κ1) is 22.0. The van der Waals surface area contributed by atoms with Crippen molar-refractivity contribution in [2.24, 2.45) is 0 Å². The van der Waals surface area contributed by atoms with Crippen LogP contribution in [0.25, 0.3) is 5.69 Å². The summed E-state index contributed by atoms with van der Waals surface area (Å²) in [6.07, 6.45) is 4.66. The largest absolute Gasteiger partial charge is 0.342 e. The van der Waals surface area contributed by atoms with Crippen molar-refractivity contribution >= 4 is 29.4 Å². The normalized spacial score (nSPS) is 14.4. The molecule has 1 fully saturated rings. The molecule has 4 rings (SSSR count). The van der Waals surface area contributed by atoms with Gasteiger partial charge in [-0.15, -0.1) is 22.0 Å². The van der Waals surface area contributed by atoms with Gasteiger partial charge in [-0.05, 0) is 44.0 Å². The molecule has 0 bridgehead atoms. The molecule has 5 nitrogen and oxygen atoms in total. The lowest BCUT2D eigenvalue weighted by atomic mass is 10.2. The Morgan fingerprint density at radius 3 is 2.32 bits per heavy atom. The fourth-order valence-corrected chi connectivity index (χ4v) is 5.33. The number of amides is 1. The number of hydrogen-bond donors (Lipinski definition) is 0. The lowest BCUT2D eigenvalue weighted by Crippen LogP contribution is -2.33. The number of carbonyl (C=O) groups is 1. The summed E-state index contributed by atoms with van der Waals surface area (Å²) in [5.74, 6) is 2.20. The van der Waals surface area contributed by atoms with E-state index in [1.807, 2.05) is 23.1 Å². The second-order valence-electron chi connectivity index (χ2n) is 7.76. The smallest absolute Gasteiger partial charge is 0.233 e. The van der Waals surface area contributed by atoms with Crippen molar-refractivity contribution in [1.82, 2.24) is 19.7 Å². The Labute approximate surface area is 192 Å². The van der Waals surface area contributed by atoms with E-state index in [-0.39, 0.29) is 5.91 Å². The molecule has 2 aromatic carbocycles. The second-order valence-corrected chi connectivity index (χ2v) is 9.75. The van der Waals surface area contributed by atoms with Crippen LogP contribution in [0.4, 0.5) is 0 Å². The van der Waals surface area contributed by atoms with Crippen LogP contribution in [0.2, 0.25) is 0 Å². The predicted molar refractivity (Wildman–Crippen MR) is 128 cm³/mol. The first-order valence-electron chi connectivity index (χ1n) is 10.8. The number of rotatable bonds is 7. The van der Waals surface area contributed by atoms with E-state index in [2.05, 4.69) is 58.1 Å². The van der Waals surface area contributed by atoms with Crippen LogP contribution >= 0.6 is 23.5 Å². The van der Waals surface area contributed by atoms with Crippen molar-refractivity contribution in [1.29, 1.82) is 0 Å². The van der Waals surface area contributed by atoms with Crippen LogP contribution in [0.15, 0.2) is 64.6 Å². The number of thioether (sulfide) groups is 2. The third-order valence-corrected chi connectivity index (χ3v) is 7.31. The van der Waals surface area contributed by atoms with Crippen molar-refractivity contribution in [3.63, 3.8) is 0 Å². The van der Waals surface area contributed by atoms with Crippen LogP contribution in [0.5, 0.6) is 0 Å². The molecule has 1 amide bonds. The topological polar surface area (TPSA) is 51.0 Å². The van der Waals surface area contributed by atoms with Gasteiger partial charge in [0, 0.05) is 23.7 Å². The molecule has 1 aliphatic heterocycles. The third kappa shape index (κ3) is 5.92. The van der Waals surface area contributed by atoms with Gasteiger partial charge in [-0.3, -0.25) is 9.36 Å². The van der Waals surface area contributed by atoms with Gasteiger partial charge < -0.3 is 4.90 Å². The Morgan fingerprint density at radius 1 is 0.903 bits per heavy atom. The summed E-state index contributed by atoms with van der Waals surface area (Å²) >= 11 is 3.23. The number of para-hydroxylation sites is 1.